The van der Waals surface area contributed by atoms with Gasteiger partial charge in [0.05, 0.1) is 17.8 Å². The fourth-order valence-electron chi connectivity index (χ4n) is 0.727. The Morgan fingerprint density at radius 3 is 3.17 bits per heavy atom. The third kappa shape index (κ3) is 2.04. The van der Waals surface area contributed by atoms with Crippen molar-refractivity contribution in [2.45, 2.75) is 12.3 Å². The lowest BCUT2D eigenvalue weighted by molar-refractivity contribution is 0.0531. The highest BCUT2D eigenvalue weighted by Crippen LogP contribution is 2.16. The minimum absolute atomic E-state index is 0.283. The van der Waals surface area contributed by atoms with Crippen molar-refractivity contribution in [2.75, 3.05) is 6.61 Å². The normalized spacial score (nSPS) is 9.83. The van der Waals surface area contributed by atoms with Crippen molar-refractivity contribution in [1.82, 2.24) is 4.98 Å². The van der Waals surface area contributed by atoms with Crippen molar-refractivity contribution in [3.8, 4) is 0 Å². The van der Waals surface area contributed by atoms with Crippen LogP contribution in [0.3, 0.4) is 0 Å². The summed E-state index contributed by atoms with van der Waals surface area (Å²) in [5.41, 5.74) is 2.39. The van der Waals surface area contributed by atoms with Gasteiger partial charge < -0.3 is 4.74 Å². The topological polar surface area (TPSA) is 39.2 Å². The van der Waals surface area contributed by atoms with Gasteiger partial charge in [0.1, 0.15) is 4.88 Å². The summed E-state index contributed by atoms with van der Waals surface area (Å²) >= 11 is 4.55. The van der Waals surface area contributed by atoms with Gasteiger partial charge in [-0.05, 0) is 6.92 Å². The van der Waals surface area contributed by atoms with Crippen LogP contribution in [-0.2, 0) is 10.1 Å². The molecule has 1 heterocycles. The SMILES string of the molecule is CCOC(=O)c1scnc1CBr. The maximum absolute atomic E-state index is 11.2. The fourth-order valence-corrected chi connectivity index (χ4v) is 2.04. The van der Waals surface area contributed by atoms with Crippen molar-refractivity contribution in [1.29, 1.82) is 0 Å². The van der Waals surface area contributed by atoms with Gasteiger partial charge in [0.2, 0.25) is 0 Å². The molecule has 66 valence electrons. The molecule has 0 fully saturated rings. The first-order chi connectivity index (χ1) is 5.79. The summed E-state index contributed by atoms with van der Waals surface area (Å²) < 4.78 is 4.84. The van der Waals surface area contributed by atoms with Gasteiger partial charge in [-0.3, -0.25) is 0 Å². The number of carbonyl (C=O) groups excluding carboxylic acids is 1. The van der Waals surface area contributed by atoms with Crippen LogP contribution in [0.4, 0.5) is 0 Å². The van der Waals surface area contributed by atoms with Crippen molar-refractivity contribution in [2.24, 2.45) is 0 Å². The second kappa shape index (κ2) is 4.57. The van der Waals surface area contributed by atoms with Gasteiger partial charge in [-0.25, -0.2) is 9.78 Å². The van der Waals surface area contributed by atoms with E-state index in [1.807, 2.05) is 0 Å². The minimum Gasteiger partial charge on any atom is -0.462 e. The number of esters is 1. The fraction of sp³-hybridized carbons (Fsp3) is 0.429. The summed E-state index contributed by atoms with van der Waals surface area (Å²) in [7, 11) is 0. The van der Waals surface area contributed by atoms with E-state index in [-0.39, 0.29) is 5.97 Å². The van der Waals surface area contributed by atoms with E-state index in [4.69, 9.17) is 4.74 Å². The number of aromatic nitrogens is 1. The maximum Gasteiger partial charge on any atom is 0.350 e. The van der Waals surface area contributed by atoms with E-state index in [1.54, 1.807) is 12.4 Å². The second-order valence-corrected chi connectivity index (χ2v) is 3.40. The molecule has 0 saturated heterocycles. The van der Waals surface area contributed by atoms with Gasteiger partial charge in [0.15, 0.2) is 0 Å². The molecule has 0 spiro atoms. The Morgan fingerprint density at radius 1 is 1.83 bits per heavy atom. The zero-order valence-electron chi connectivity index (χ0n) is 6.54. The number of nitrogens with zero attached hydrogens (tertiary/aromatic N) is 1. The molecule has 0 aliphatic carbocycles. The van der Waals surface area contributed by atoms with Crippen LogP contribution in [0.5, 0.6) is 0 Å². The molecule has 0 saturated carbocycles. The zero-order chi connectivity index (χ0) is 8.97. The molecule has 0 unspecified atom stereocenters. The van der Waals surface area contributed by atoms with Crippen LogP contribution in [-0.4, -0.2) is 17.6 Å². The molecule has 1 rings (SSSR count). The summed E-state index contributed by atoms with van der Waals surface area (Å²) in [6, 6.07) is 0. The molecule has 0 aliphatic heterocycles. The highest BCUT2D eigenvalue weighted by molar-refractivity contribution is 9.08. The van der Waals surface area contributed by atoms with Crippen molar-refractivity contribution >= 4 is 33.2 Å². The van der Waals surface area contributed by atoms with E-state index in [0.29, 0.717) is 16.8 Å². The van der Waals surface area contributed by atoms with Crippen LogP contribution in [0.1, 0.15) is 22.3 Å². The number of hydrogen-bond donors (Lipinski definition) is 0. The third-order valence-corrected chi connectivity index (χ3v) is 2.61. The Balaban J connectivity index is 2.79. The van der Waals surface area contributed by atoms with Crippen LogP contribution < -0.4 is 0 Å². The number of thiazole rings is 1. The molecule has 0 atom stereocenters. The lowest BCUT2D eigenvalue weighted by atomic mass is 10.4. The van der Waals surface area contributed by atoms with E-state index < -0.39 is 0 Å². The molecule has 0 bridgehead atoms. The number of ether oxygens (including phenoxy) is 1. The molecule has 0 amide bonds. The Bertz CT molecular complexity index is 274. The Kier molecular flexibility index (Phi) is 3.68. The number of halogens is 1. The number of carbonyl (C=O) groups is 1. The number of hydrogen-bond acceptors (Lipinski definition) is 4. The Hall–Kier alpha value is -0.420. The Morgan fingerprint density at radius 2 is 2.58 bits per heavy atom. The minimum atomic E-state index is -0.283. The van der Waals surface area contributed by atoms with Gasteiger partial charge in [0.25, 0.3) is 0 Å². The van der Waals surface area contributed by atoms with Crippen molar-refractivity contribution < 1.29 is 9.53 Å². The lowest BCUT2D eigenvalue weighted by Crippen LogP contribution is -2.04. The lowest BCUT2D eigenvalue weighted by Gasteiger charge is -1.98. The molecular weight excluding hydrogens is 242 g/mol. The van der Waals surface area contributed by atoms with Crippen LogP contribution in [0.15, 0.2) is 5.51 Å². The first-order valence-corrected chi connectivity index (χ1v) is 5.45. The zero-order valence-corrected chi connectivity index (χ0v) is 8.94. The van der Waals surface area contributed by atoms with E-state index in [2.05, 4.69) is 20.9 Å². The van der Waals surface area contributed by atoms with Gasteiger partial charge >= 0.3 is 5.97 Å². The monoisotopic (exact) mass is 249 g/mol. The van der Waals surface area contributed by atoms with Crippen LogP contribution in [0, 0.1) is 0 Å². The predicted molar refractivity (Wildman–Crippen MR) is 50.7 cm³/mol. The molecule has 1 aromatic heterocycles. The second-order valence-electron chi connectivity index (χ2n) is 1.98. The molecule has 12 heavy (non-hydrogen) atoms. The van der Waals surface area contributed by atoms with Gasteiger partial charge in [0, 0.05) is 5.33 Å². The van der Waals surface area contributed by atoms with Crippen molar-refractivity contribution in [3.05, 3.63) is 16.1 Å². The Labute approximate surface area is 82.9 Å². The molecule has 0 aliphatic rings. The standard InChI is InChI=1S/C7H8BrNO2S/c1-2-11-7(10)6-5(3-8)9-4-12-6/h4H,2-3H2,1H3. The smallest absolute Gasteiger partial charge is 0.350 e. The van der Waals surface area contributed by atoms with Crippen LogP contribution >= 0.6 is 27.3 Å². The van der Waals surface area contributed by atoms with E-state index >= 15 is 0 Å². The third-order valence-electron chi connectivity index (χ3n) is 1.23. The first-order valence-electron chi connectivity index (χ1n) is 3.45. The molecule has 3 nitrogen and oxygen atoms in total. The summed E-state index contributed by atoms with van der Waals surface area (Å²) in [5.74, 6) is -0.283. The van der Waals surface area contributed by atoms with Gasteiger partial charge in [-0.15, -0.1) is 11.3 Å². The van der Waals surface area contributed by atoms with E-state index in [1.165, 1.54) is 11.3 Å². The van der Waals surface area contributed by atoms with E-state index in [0.717, 1.165) is 5.69 Å². The molecule has 5 heteroatoms. The largest absolute Gasteiger partial charge is 0.462 e. The van der Waals surface area contributed by atoms with Crippen LogP contribution in [0.25, 0.3) is 0 Å². The first kappa shape index (κ1) is 9.67. The van der Waals surface area contributed by atoms with Crippen LogP contribution in [0.2, 0.25) is 0 Å². The number of rotatable bonds is 3. The summed E-state index contributed by atoms with van der Waals surface area (Å²) in [4.78, 5) is 15.8. The number of alkyl halides is 1. The summed E-state index contributed by atoms with van der Waals surface area (Å²) in [5, 5.41) is 0.588. The highest BCUT2D eigenvalue weighted by atomic mass is 79.9. The molecule has 0 aromatic carbocycles. The molecular formula is C7H8BrNO2S. The average Bonchev–Trinajstić information content (AvgIpc) is 2.51. The van der Waals surface area contributed by atoms with Gasteiger partial charge in [-0.2, -0.15) is 0 Å². The van der Waals surface area contributed by atoms with Crippen molar-refractivity contribution in [3.63, 3.8) is 0 Å². The summed E-state index contributed by atoms with van der Waals surface area (Å²) in [6.07, 6.45) is 0. The summed E-state index contributed by atoms with van der Waals surface area (Å²) in [6.45, 7) is 2.19. The molecule has 0 radical (unpaired) electrons. The average molecular weight is 250 g/mol. The molecule has 0 N–H and O–H groups in total. The maximum atomic E-state index is 11.2. The molecule has 1 aromatic rings. The highest BCUT2D eigenvalue weighted by Gasteiger charge is 2.13. The van der Waals surface area contributed by atoms with E-state index in [9.17, 15) is 4.79 Å². The quantitative estimate of drug-likeness (QED) is 0.609. The van der Waals surface area contributed by atoms with Gasteiger partial charge in [-0.1, -0.05) is 15.9 Å². The predicted octanol–water partition coefficient (Wildman–Crippen LogP) is 2.21.